The number of hydrogen-bond acceptors (Lipinski definition) is 2. The molecule has 3 nitrogen and oxygen atoms in total. The van der Waals surface area contributed by atoms with Crippen molar-refractivity contribution in [3.05, 3.63) is 0 Å². The van der Waals surface area contributed by atoms with Crippen molar-refractivity contribution >= 4 is 21.8 Å². The van der Waals surface area contributed by atoms with Crippen LogP contribution in [0.4, 0.5) is 0 Å². The Morgan fingerprint density at radius 3 is 2.79 bits per heavy atom. The monoisotopic (exact) mass is 263 g/mol. The average Bonchev–Trinajstić information content (AvgIpc) is 2.65. The van der Waals surface area contributed by atoms with Crippen molar-refractivity contribution in [2.75, 3.05) is 25.1 Å². The van der Waals surface area contributed by atoms with Gasteiger partial charge >= 0.3 is 0 Å². The van der Waals surface area contributed by atoms with E-state index in [-0.39, 0.29) is 17.9 Å². The lowest BCUT2D eigenvalue weighted by Crippen LogP contribution is -2.42. The Kier molecular flexibility index (Phi) is 4.89. The molecular formula is C10H18BrNO2. The molecule has 0 saturated carbocycles. The highest BCUT2D eigenvalue weighted by Gasteiger charge is 2.28. The summed E-state index contributed by atoms with van der Waals surface area (Å²) in [6.07, 6.45) is 0.879. The van der Waals surface area contributed by atoms with Crippen molar-refractivity contribution < 1.29 is 9.53 Å². The highest BCUT2D eigenvalue weighted by Crippen LogP contribution is 2.17. The van der Waals surface area contributed by atoms with Gasteiger partial charge in [0.1, 0.15) is 0 Å². The summed E-state index contributed by atoms with van der Waals surface area (Å²) in [6.45, 7) is 6.22. The van der Waals surface area contributed by atoms with Gasteiger partial charge in [-0.15, -0.1) is 0 Å². The predicted molar refractivity (Wildman–Crippen MR) is 59.6 cm³/mol. The number of carbonyl (C=O) groups excluding carboxylic acids is 1. The molecule has 0 bridgehead atoms. The first-order valence-corrected chi connectivity index (χ1v) is 6.23. The third-order valence-electron chi connectivity index (χ3n) is 2.51. The summed E-state index contributed by atoms with van der Waals surface area (Å²) in [5.74, 6) is 0.341. The van der Waals surface area contributed by atoms with Crippen LogP contribution in [0, 0.1) is 5.92 Å². The van der Waals surface area contributed by atoms with Crippen LogP contribution >= 0.6 is 15.9 Å². The maximum atomic E-state index is 12.0. The highest BCUT2D eigenvalue weighted by atomic mass is 79.9. The second-order valence-corrected chi connectivity index (χ2v) is 4.67. The minimum atomic E-state index is 0.0939. The van der Waals surface area contributed by atoms with E-state index in [1.54, 1.807) is 0 Å². The molecule has 1 fully saturated rings. The van der Waals surface area contributed by atoms with Crippen molar-refractivity contribution in [2.24, 2.45) is 5.92 Å². The molecule has 0 aliphatic carbocycles. The first kappa shape index (κ1) is 12.0. The Bertz CT molecular complexity index is 191. The summed E-state index contributed by atoms with van der Waals surface area (Å²) in [5.41, 5.74) is 0. The summed E-state index contributed by atoms with van der Waals surface area (Å²) < 4.78 is 5.23. The summed E-state index contributed by atoms with van der Waals surface area (Å²) in [7, 11) is 0. The number of hydrogen-bond donors (Lipinski definition) is 0. The van der Waals surface area contributed by atoms with Gasteiger partial charge in [-0.25, -0.2) is 0 Å². The molecule has 1 unspecified atom stereocenters. The highest BCUT2D eigenvalue weighted by molar-refractivity contribution is 9.09. The van der Waals surface area contributed by atoms with Crippen LogP contribution in [0.2, 0.25) is 0 Å². The van der Waals surface area contributed by atoms with Gasteiger partial charge < -0.3 is 9.64 Å². The van der Waals surface area contributed by atoms with Gasteiger partial charge in [-0.2, -0.15) is 0 Å². The first-order chi connectivity index (χ1) is 6.66. The number of nitrogens with zero attached hydrogens (tertiary/aromatic N) is 1. The second-order valence-electron chi connectivity index (χ2n) is 3.87. The van der Waals surface area contributed by atoms with Crippen molar-refractivity contribution in [2.45, 2.75) is 26.3 Å². The van der Waals surface area contributed by atoms with Crippen LogP contribution in [0.5, 0.6) is 0 Å². The average molecular weight is 264 g/mol. The van der Waals surface area contributed by atoms with E-state index in [1.807, 2.05) is 4.90 Å². The Hall–Kier alpha value is -0.0900. The topological polar surface area (TPSA) is 29.5 Å². The second kappa shape index (κ2) is 5.71. The fourth-order valence-electron chi connectivity index (χ4n) is 1.68. The van der Waals surface area contributed by atoms with E-state index < -0.39 is 0 Å². The standard InChI is InChI=1S/C10H18BrNO2/c1-8(2)12(5-4-11)10(13)9-3-6-14-7-9/h8-9H,3-7H2,1-2H3. The maximum absolute atomic E-state index is 12.0. The van der Waals surface area contributed by atoms with Gasteiger partial charge in [-0.3, -0.25) is 4.79 Å². The lowest BCUT2D eigenvalue weighted by atomic mass is 10.1. The summed E-state index contributed by atoms with van der Waals surface area (Å²) >= 11 is 3.37. The largest absolute Gasteiger partial charge is 0.381 e. The fraction of sp³-hybridized carbons (Fsp3) is 0.900. The molecule has 1 aliphatic heterocycles. The molecule has 82 valence electrons. The number of halogens is 1. The molecule has 0 N–H and O–H groups in total. The number of alkyl halides is 1. The Labute approximate surface area is 93.9 Å². The smallest absolute Gasteiger partial charge is 0.228 e. The van der Waals surface area contributed by atoms with Gasteiger partial charge in [0.2, 0.25) is 5.91 Å². The van der Waals surface area contributed by atoms with E-state index >= 15 is 0 Å². The zero-order chi connectivity index (χ0) is 10.6. The molecule has 14 heavy (non-hydrogen) atoms. The normalized spacial score (nSPS) is 21.6. The quantitative estimate of drug-likeness (QED) is 0.723. The van der Waals surface area contributed by atoms with E-state index in [0.29, 0.717) is 6.61 Å². The summed E-state index contributed by atoms with van der Waals surface area (Å²) in [5, 5.41) is 0.838. The van der Waals surface area contributed by atoms with E-state index in [4.69, 9.17) is 4.74 Å². The van der Waals surface area contributed by atoms with Gasteiger partial charge in [-0.05, 0) is 20.3 Å². The van der Waals surface area contributed by atoms with Crippen molar-refractivity contribution in [1.82, 2.24) is 4.90 Å². The van der Waals surface area contributed by atoms with Crippen LogP contribution in [0.15, 0.2) is 0 Å². The van der Waals surface area contributed by atoms with Crippen LogP contribution in [0.1, 0.15) is 20.3 Å². The van der Waals surface area contributed by atoms with Gasteiger partial charge in [0.05, 0.1) is 12.5 Å². The van der Waals surface area contributed by atoms with Gasteiger partial charge in [0.15, 0.2) is 0 Å². The van der Waals surface area contributed by atoms with E-state index in [9.17, 15) is 4.79 Å². The van der Waals surface area contributed by atoms with Crippen LogP contribution in [0.25, 0.3) is 0 Å². The Morgan fingerprint density at radius 1 is 1.64 bits per heavy atom. The molecule has 1 amide bonds. The van der Waals surface area contributed by atoms with Gasteiger partial charge in [-0.1, -0.05) is 15.9 Å². The van der Waals surface area contributed by atoms with Crippen molar-refractivity contribution in [1.29, 1.82) is 0 Å². The molecule has 0 radical (unpaired) electrons. The number of amides is 1. The summed E-state index contributed by atoms with van der Waals surface area (Å²) in [6, 6.07) is 0.278. The molecule has 1 heterocycles. The lowest BCUT2D eigenvalue weighted by molar-refractivity contribution is -0.136. The molecule has 4 heteroatoms. The molecule has 0 aromatic rings. The Morgan fingerprint density at radius 2 is 2.36 bits per heavy atom. The minimum Gasteiger partial charge on any atom is -0.381 e. The number of rotatable bonds is 4. The van der Waals surface area contributed by atoms with Crippen LogP contribution in [0.3, 0.4) is 0 Å². The maximum Gasteiger partial charge on any atom is 0.228 e. The molecule has 0 aromatic heterocycles. The van der Waals surface area contributed by atoms with Gasteiger partial charge in [0, 0.05) is 24.5 Å². The molecule has 1 atom stereocenters. The number of carbonyl (C=O) groups is 1. The van der Waals surface area contributed by atoms with Crippen LogP contribution in [-0.4, -0.2) is 41.9 Å². The molecular weight excluding hydrogens is 246 g/mol. The van der Waals surface area contributed by atoms with Gasteiger partial charge in [0.25, 0.3) is 0 Å². The van der Waals surface area contributed by atoms with E-state index in [2.05, 4.69) is 29.8 Å². The van der Waals surface area contributed by atoms with Crippen molar-refractivity contribution in [3.63, 3.8) is 0 Å². The predicted octanol–water partition coefficient (Wildman–Crippen LogP) is 1.65. The van der Waals surface area contributed by atoms with Crippen molar-refractivity contribution in [3.8, 4) is 0 Å². The first-order valence-electron chi connectivity index (χ1n) is 5.11. The fourth-order valence-corrected chi connectivity index (χ4v) is 2.06. The Balaban J connectivity index is 2.53. The number of ether oxygens (including phenoxy) is 1. The lowest BCUT2D eigenvalue weighted by Gasteiger charge is -2.28. The van der Waals surface area contributed by atoms with E-state index in [1.165, 1.54) is 0 Å². The summed E-state index contributed by atoms with van der Waals surface area (Å²) in [4.78, 5) is 13.9. The minimum absolute atomic E-state index is 0.0939. The molecule has 0 spiro atoms. The molecule has 0 aromatic carbocycles. The zero-order valence-corrected chi connectivity index (χ0v) is 10.4. The third kappa shape index (κ3) is 2.95. The van der Waals surface area contributed by atoms with Crippen LogP contribution in [-0.2, 0) is 9.53 Å². The van der Waals surface area contributed by atoms with Crippen LogP contribution < -0.4 is 0 Å². The zero-order valence-electron chi connectivity index (χ0n) is 8.83. The molecule has 1 rings (SSSR count). The molecule has 1 aliphatic rings. The SMILES string of the molecule is CC(C)N(CCBr)C(=O)C1CCOC1. The molecule has 1 saturated heterocycles. The third-order valence-corrected chi connectivity index (χ3v) is 2.87. The van der Waals surface area contributed by atoms with E-state index in [0.717, 1.165) is 24.9 Å².